The second-order valence-electron chi connectivity index (χ2n) is 6.10. The normalized spacial score (nSPS) is 16.0. The van der Waals surface area contributed by atoms with Crippen molar-refractivity contribution >= 4 is 5.78 Å². The number of aryl methyl sites for hydroxylation is 1. The molecule has 1 aliphatic carbocycles. The van der Waals surface area contributed by atoms with E-state index < -0.39 is 0 Å². The predicted molar refractivity (Wildman–Crippen MR) is 68.6 cm³/mol. The molecule has 0 atom stereocenters. The molecule has 0 spiro atoms. The van der Waals surface area contributed by atoms with E-state index in [2.05, 4.69) is 0 Å². The van der Waals surface area contributed by atoms with E-state index in [1.54, 1.807) is 0 Å². The van der Waals surface area contributed by atoms with Crippen molar-refractivity contribution < 1.29 is 9.90 Å². The molecule has 1 aromatic carbocycles. The Hall–Kier alpha value is -1.31. The number of phenolic OH excluding ortho intramolecular Hbond substituents is 1. The highest BCUT2D eigenvalue weighted by atomic mass is 16.3. The van der Waals surface area contributed by atoms with Crippen molar-refractivity contribution in [1.82, 2.24) is 0 Å². The highest BCUT2D eigenvalue weighted by Gasteiger charge is 2.33. The molecule has 1 saturated carbocycles. The summed E-state index contributed by atoms with van der Waals surface area (Å²) in [6.07, 6.45) is 1.94. The molecule has 1 fully saturated rings. The van der Waals surface area contributed by atoms with E-state index >= 15 is 0 Å². The number of rotatable bonds is 2. The van der Waals surface area contributed by atoms with Crippen molar-refractivity contribution in [3.05, 3.63) is 28.8 Å². The maximum atomic E-state index is 12.1. The monoisotopic (exact) mass is 232 g/mol. The zero-order valence-electron chi connectivity index (χ0n) is 11.0. The zero-order chi connectivity index (χ0) is 12.8. The van der Waals surface area contributed by atoms with E-state index in [9.17, 15) is 9.90 Å². The third kappa shape index (κ3) is 2.36. The van der Waals surface area contributed by atoms with Crippen LogP contribution in [-0.4, -0.2) is 10.9 Å². The average molecular weight is 232 g/mol. The SMILES string of the molecule is Cc1cc(C(=O)C2CC2)c(O)c(C(C)(C)C)c1. The number of Topliss-reactive ketones (excluding diaryl/α,β-unsaturated/α-hetero) is 1. The Morgan fingerprint density at radius 1 is 1.29 bits per heavy atom. The molecule has 92 valence electrons. The molecule has 2 rings (SSSR count). The van der Waals surface area contributed by atoms with Crippen molar-refractivity contribution in [2.24, 2.45) is 5.92 Å². The van der Waals surface area contributed by atoms with Gasteiger partial charge in [0.25, 0.3) is 0 Å². The van der Waals surface area contributed by atoms with Crippen LogP contribution in [0.1, 0.15) is 55.1 Å². The summed E-state index contributed by atoms with van der Waals surface area (Å²) in [5, 5.41) is 10.3. The van der Waals surface area contributed by atoms with E-state index in [1.807, 2.05) is 39.8 Å². The van der Waals surface area contributed by atoms with E-state index in [0.717, 1.165) is 24.0 Å². The molecule has 2 heteroatoms. The first-order chi connectivity index (χ1) is 7.80. The lowest BCUT2D eigenvalue weighted by molar-refractivity contribution is 0.0964. The smallest absolute Gasteiger partial charge is 0.169 e. The van der Waals surface area contributed by atoms with Gasteiger partial charge in [0, 0.05) is 11.5 Å². The fraction of sp³-hybridized carbons (Fsp3) is 0.533. The fourth-order valence-corrected chi connectivity index (χ4v) is 2.10. The Kier molecular flexibility index (Phi) is 2.76. The summed E-state index contributed by atoms with van der Waals surface area (Å²) in [6, 6.07) is 3.78. The molecule has 0 bridgehead atoms. The molecule has 1 aromatic rings. The summed E-state index contributed by atoms with van der Waals surface area (Å²) in [6.45, 7) is 8.12. The molecule has 0 aliphatic heterocycles. The number of phenols is 1. The van der Waals surface area contributed by atoms with Crippen LogP contribution >= 0.6 is 0 Å². The third-order valence-corrected chi connectivity index (χ3v) is 3.28. The van der Waals surface area contributed by atoms with Crippen LogP contribution in [0.5, 0.6) is 5.75 Å². The van der Waals surface area contributed by atoms with Gasteiger partial charge in [-0.15, -0.1) is 0 Å². The van der Waals surface area contributed by atoms with Gasteiger partial charge in [-0.25, -0.2) is 0 Å². The van der Waals surface area contributed by atoms with E-state index in [4.69, 9.17) is 0 Å². The van der Waals surface area contributed by atoms with Crippen molar-refractivity contribution in [2.45, 2.75) is 46.0 Å². The topological polar surface area (TPSA) is 37.3 Å². The van der Waals surface area contributed by atoms with Crippen LogP contribution in [0.4, 0.5) is 0 Å². The Morgan fingerprint density at radius 3 is 2.35 bits per heavy atom. The quantitative estimate of drug-likeness (QED) is 0.791. The van der Waals surface area contributed by atoms with Gasteiger partial charge >= 0.3 is 0 Å². The minimum absolute atomic E-state index is 0.108. The van der Waals surface area contributed by atoms with Gasteiger partial charge in [-0.2, -0.15) is 0 Å². The standard InChI is InChI=1S/C15H20O2/c1-9-7-11(13(16)10-5-6-10)14(17)12(8-9)15(2,3)4/h7-8,10,17H,5-6H2,1-4H3. The van der Waals surface area contributed by atoms with Gasteiger partial charge in [0.1, 0.15) is 5.75 Å². The zero-order valence-corrected chi connectivity index (χ0v) is 11.0. The second-order valence-corrected chi connectivity index (χ2v) is 6.10. The molecular formula is C15H20O2. The summed E-state index contributed by atoms with van der Waals surface area (Å²) in [5.41, 5.74) is 2.27. The summed E-state index contributed by atoms with van der Waals surface area (Å²) in [5.74, 6) is 0.437. The number of carbonyl (C=O) groups excluding carboxylic acids is 1. The number of hydrogen-bond acceptors (Lipinski definition) is 2. The van der Waals surface area contributed by atoms with E-state index in [-0.39, 0.29) is 22.9 Å². The minimum Gasteiger partial charge on any atom is -0.507 e. The average Bonchev–Trinajstić information content (AvgIpc) is 3.01. The largest absolute Gasteiger partial charge is 0.507 e. The highest BCUT2D eigenvalue weighted by molar-refractivity contribution is 6.02. The first-order valence-corrected chi connectivity index (χ1v) is 6.19. The molecule has 0 amide bonds. The molecule has 1 aliphatic rings. The van der Waals surface area contributed by atoms with Crippen molar-refractivity contribution in [3.63, 3.8) is 0 Å². The summed E-state index contributed by atoms with van der Waals surface area (Å²) >= 11 is 0. The third-order valence-electron chi connectivity index (χ3n) is 3.28. The number of benzene rings is 1. The van der Waals surface area contributed by atoms with Crippen LogP contribution in [0.2, 0.25) is 0 Å². The summed E-state index contributed by atoms with van der Waals surface area (Å²) in [7, 11) is 0. The Labute approximate surface area is 103 Å². The molecule has 17 heavy (non-hydrogen) atoms. The molecule has 0 radical (unpaired) electrons. The van der Waals surface area contributed by atoms with Crippen molar-refractivity contribution in [3.8, 4) is 5.75 Å². The maximum absolute atomic E-state index is 12.1. The van der Waals surface area contributed by atoms with Crippen LogP contribution < -0.4 is 0 Å². The minimum atomic E-state index is -0.144. The van der Waals surface area contributed by atoms with Gasteiger partial charge in [0.2, 0.25) is 0 Å². The Morgan fingerprint density at radius 2 is 1.88 bits per heavy atom. The van der Waals surface area contributed by atoms with Crippen LogP contribution in [0, 0.1) is 12.8 Å². The lowest BCUT2D eigenvalue weighted by atomic mass is 9.83. The van der Waals surface area contributed by atoms with E-state index in [1.165, 1.54) is 0 Å². The van der Waals surface area contributed by atoms with Gasteiger partial charge < -0.3 is 5.11 Å². The molecule has 0 heterocycles. The summed E-state index contributed by atoms with van der Waals surface area (Å²) < 4.78 is 0. The van der Waals surface area contributed by atoms with Crippen LogP contribution in [0.25, 0.3) is 0 Å². The van der Waals surface area contributed by atoms with Crippen molar-refractivity contribution in [1.29, 1.82) is 0 Å². The number of ketones is 1. The molecule has 2 nitrogen and oxygen atoms in total. The lowest BCUT2D eigenvalue weighted by Crippen LogP contribution is -2.14. The van der Waals surface area contributed by atoms with E-state index in [0.29, 0.717) is 5.56 Å². The van der Waals surface area contributed by atoms with Gasteiger partial charge in [0.05, 0.1) is 5.56 Å². The first kappa shape index (κ1) is 12.2. The molecule has 0 saturated heterocycles. The number of carbonyl (C=O) groups is 1. The molecule has 0 unspecified atom stereocenters. The van der Waals surface area contributed by atoms with Gasteiger partial charge in [-0.05, 0) is 36.8 Å². The van der Waals surface area contributed by atoms with Crippen LogP contribution in [-0.2, 0) is 5.41 Å². The maximum Gasteiger partial charge on any atom is 0.169 e. The second kappa shape index (κ2) is 3.86. The Balaban J connectivity index is 2.52. The predicted octanol–water partition coefficient (Wildman–Crippen LogP) is 3.59. The fourth-order valence-electron chi connectivity index (χ4n) is 2.10. The molecule has 1 N–H and O–H groups in total. The lowest BCUT2D eigenvalue weighted by Gasteiger charge is -2.22. The summed E-state index contributed by atoms with van der Waals surface area (Å²) in [4.78, 5) is 12.1. The number of hydrogen-bond donors (Lipinski definition) is 1. The first-order valence-electron chi connectivity index (χ1n) is 6.19. The number of aromatic hydroxyl groups is 1. The molecule has 0 aromatic heterocycles. The van der Waals surface area contributed by atoms with Gasteiger partial charge in [-0.3, -0.25) is 4.79 Å². The van der Waals surface area contributed by atoms with Crippen LogP contribution in [0.3, 0.4) is 0 Å². The highest BCUT2D eigenvalue weighted by Crippen LogP contribution is 2.39. The molecular weight excluding hydrogens is 212 g/mol. The van der Waals surface area contributed by atoms with Crippen LogP contribution in [0.15, 0.2) is 12.1 Å². The van der Waals surface area contributed by atoms with Gasteiger partial charge in [0.15, 0.2) is 5.78 Å². The Bertz CT molecular complexity index is 463. The van der Waals surface area contributed by atoms with Crippen molar-refractivity contribution in [2.75, 3.05) is 0 Å². The van der Waals surface area contributed by atoms with Gasteiger partial charge in [-0.1, -0.05) is 26.8 Å².